The molecule has 0 saturated heterocycles. The molecule has 1 nitrogen and oxygen atoms in total. The summed E-state index contributed by atoms with van der Waals surface area (Å²) in [5.41, 5.74) is 3.67. The molecule has 0 aliphatic rings. The normalized spacial score (nSPS) is 12.4. The average Bonchev–Trinajstić information content (AvgIpc) is 2.47. The zero-order valence-corrected chi connectivity index (χ0v) is 12.8. The molecule has 2 aromatic carbocycles. The van der Waals surface area contributed by atoms with Crippen LogP contribution >= 0.6 is 0 Å². The highest BCUT2D eigenvalue weighted by Gasteiger charge is 2.30. The number of hydrogen-bond acceptors (Lipinski definition) is 1. The molecule has 0 fully saturated rings. The lowest BCUT2D eigenvalue weighted by Crippen LogP contribution is -2.06. The van der Waals surface area contributed by atoms with E-state index in [1.54, 1.807) is 19.1 Å². The number of benzene rings is 2. The fraction of sp³-hybridized carbons (Fsp3) is 0.222. The monoisotopic (exact) mass is 305 g/mol. The highest BCUT2D eigenvalue weighted by atomic mass is 19.4. The maximum absolute atomic E-state index is 12.8. The molecule has 1 N–H and O–H groups in total. The van der Waals surface area contributed by atoms with Crippen molar-refractivity contribution in [3.63, 3.8) is 0 Å². The predicted octanol–water partition coefficient (Wildman–Crippen LogP) is 5.80. The van der Waals surface area contributed by atoms with Gasteiger partial charge in [-0.1, -0.05) is 24.3 Å². The lowest BCUT2D eigenvalue weighted by molar-refractivity contribution is -0.137. The molecule has 0 saturated carbocycles. The van der Waals surface area contributed by atoms with Crippen LogP contribution in [-0.2, 0) is 6.18 Å². The van der Waals surface area contributed by atoms with E-state index in [1.165, 1.54) is 11.6 Å². The van der Waals surface area contributed by atoms with Crippen LogP contribution in [0, 0.1) is 13.8 Å². The van der Waals surface area contributed by atoms with Gasteiger partial charge in [-0.3, -0.25) is 0 Å². The van der Waals surface area contributed by atoms with Gasteiger partial charge in [-0.2, -0.15) is 13.2 Å². The summed E-state index contributed by atoms with van der Waals surface area (Å²) in [4.78, 5) is 0. The summed E-state index contributed by atoms with van der Waals surface area (Å²) in [7, 11) is 0. The molecule has 0 spiro atoms. The molecule has 2 rings (SSSR count). The van der Waals surface area contributed by atoms with Gasteiger partial charge in [-0.25, -0.2) is 0 Å². The summed E-state index contributed by atoms with van der Waals surface area (Å²) in [5.74, 6) is 0. The van der Waals surface area contributed by atoms with Crippen molar-refractivity contribution in [3.05, 3.63) is 70.8 Å². The molecule has 4 heteroatoms. The van der Waals surface area contributed by atoms with Crippen molar-refractivity contribution in [3.8, 4) is 0 Å². The van der Waals surface area contributed by atoms with Crippen LogP contribution in [0.4, 0.5) is 18.9 Å². The van der Waals surface area contributed by atoms with Crippen molar-refractivity contribution in [1.82, 2.24) is 0 Å². The van der Waals surface area contributed by atoms with Crippen LogP contribution < -0.4 is 5.32 Å². The number of rotatable bonds is 3. The van der Waals surface area contributed by atoms with Gasteiger partial charge >= 0.3 is 6.18 Å². The van der Waals surface area contributed by atoms with Gasteiger partial charge in [0.25, 0.3) is 0 Å². The molecule has 2 aromatic rings. The maximum Gasteiger partial charge on any atom is 0.416 e. The Morgan fingerprint density at radius 2 is 1.73 bits per heavy atom. The zero-order valence-electron chi connectivity index (χ0n) is 12.8. The Morgan fingerprint density at radius 1 is 1.00 bits per heavy atom. The van der Waals surface area contributed by atoms with Crippen molar-refractivity contribution in [2.24, 2.45) is 0 Å². The number of nitrogens with one attached hydrogen (secondary N) is 1. The van der Waals surface area contributed by atoms with Gasteiger partial charge in [0.1, 0.15) is 0 Å². The lowest BCUT2D eigenvalue weighted by Gasteiger charge is -2.14. The minimum atomic E-state index is -4.34. The molecule has 0 aliphatic carbocycles. The summed E-state index contributed by atoms with van der Waals surface area (Å²) in [6.45, 7) is 5.81. The Hall–Kier alpha value is -2.23. The van der Waals surface area contributed by atoms with Gasteiger partial charge in [-0.15, -0.1) is 0 Å². The molecule has 22 heavy (non-hydrogen) atoms. The smallest absolute Gasteiger partial charge is 0.355 e. The lowest BCUT2D eigenvalue weighted by atomic mass is 10.1. The van der Waals surface area contributed by atoms with Crippen LogP contribution in [0.25, 0.3) is 5.70 Å². The van der Waals surface area contributed by atoms with E-state index in [0.29, 0.717) is 11.3 Å². The molecule has 0 aliphatic heterocycles. The maximum atomic E-state index is 12.8. The van der Waals surface area contributed by atoms with Crippen molar-refractivity contribution >= 4 is 11.4 Å². The SMILES string of the molecule is C/C=C(\Nc1ccc(C)c(C)c1)c1cccc(C(F)(F)F)c1. The molecular formula is C18H18F3N. The van der Waals surface area contributed by atoms with Crippen molar-refractivity contribution in [1.29, 1.82) is 0 Å². The summed E-state index contributed by atoms with van der Waals surface area (Å²) in [6, 6.07) is 11.2. The van der Waals surface area contributed by atoms with Crippen molar-refractivity contribution in [2.45, 2.75) is 26.9 Å². The first-order valence-electron chi connectivity index (χ1n) is 6.99. The number of aryl methyl sites for hydroxylation is 2. The fourth-order valence-electron chi connectivity index (χ4n) is 2.15. The van der Waals surface area contributed by atoms with Crippen LogP contribution in [0.2, 0.25) is 0 Å². The number of allylic oxidation sites excluding steroid dienone is 1. The van der Waals surface area contributed by atoms with Gasteiger partial charge in [-0.05, 0) is 61.7 Å². The molecule has 0 bridgehead atoms. The van der Waals surface area contributed by atoms with E-state index in [4.69, 9.17) is 0 Å². The molecule has 0 heterocycles. The van der Waals surface area contributed by atoms with Crippen LogP contribution in [-0.4, -0.2) is 0 Å². The van der Waals surface area contributed by atoms with Crippen molar-refractivity contribution < 1.29 is 13.2 Å². The van der Waals surface area contributed by atoms with Gasteiger partial charge < -0.3 is 5.32 Å². The van der Waals surface area contributed by atoms with Gasteiger partial charge in [0.15, 0.2) is 0 Å². The van der Waals surface area contributed by atoms with Crippen LogP contribution in [0.15, 0.2) is 48.5 Å². The van der Waals surface area contributed by atoms with Crippen molar-refractivity contribution in [2.75, 3.05) is 5.32 Å². The molecule has 0 atom stereocenters. The van der Waals surface area contributed by atoms with Crippen LogP contribution in [0.5, 0.6) is 0 Å². The van der Waals surface area contributed by atoms with Gasteiger partial charge in [0.05, 0.1) is 5.56 Å². The van der Waals surface area contributed by atoms with E-state index in [2.05, 4.69) is 5.32 Å². The molecule has 116 valence electrons. The summed E-state index contributed by atoms with van der Waals surface area (Å²) in [6.07, 6.45) is -2.57. The Labute approximate surface area is 128 Å². The quantitative estimate of drug-likeness (QED) is 0.756. The standard InChI is InChI=1S/C18H18F3N/c1-4-17(22-16-9-8-12(2)13(3)10-16)14-6-5-7-15(11-14)18(19,20)21/h4-11,22H,1-3H3/b17-4-. The average molecular weight is 305 g/mol. The Kier molecular flexibility index (Phi) is 4.59. The Balaban J connectivity index is 2.31. The molecule has 0 amide bonds. The minimum Gasteiger partial charge on any atom is -0.355 e. The second kappa shape index (κ2) is 6.26. The third-order valence-electron chi connectivity index (χ3n) is 3.58. The molecular weight excluding hydrogens is 287 g/mol. The second-order valence-electron chi connectivity index (χ2n) is 5.20. The van der Waals surface area contributed by atoms with Gasteiger partial charge in [0, 0.05) is 11.4 Å². The summed E-state index contributed by atoms with van der Waals surface area (Å²) < 4.78 is 38.5. The summed E-state index contributed by atoms with van der Waals surface area (Å²) >= 11 is 0. The van der Waals surface area contributed by atoms with Crippen LogP contribution in [0.3, 0.4) is 0 Å². The van der Waals surface area contributed by atoms with Gasteiger partial charge in [0.2, 0.25) is 0 Å². The van der Waals surface area contributed by atoms with Crippen LogP contribution in [0.1, 0.15) is 29.2 Å². The highest BCUT2D eigenvalue weighted by Crippen LogP contribution is 2.31. The second-order valence-corrected chi connectivity index (χ2v) is 5.20. The summed E-state index contributed by atoms with van der Waals surface area (Å²) in [5, 5.41) is 3.19. The third kappa shape index (κ3) is 3.70. The fourth-order valence-corrected chi connectivity index (χ4v) is 2.15. The predicted molar refractivity (Wildman–Crippen MR) is 84.6 cm³/mol. The number of anilines is 1. The Bertz CT molecular complexity index is 700. The topological polar surface area (TPSA) is 12.0 Å². The van der Waals surface area contributed by atoms with E-state index in [0.717, 1.165) is 23.4 Å². The highest BCUT2D eigenvalue weighted by molar-refractivity contribution is 5.77. The Morgan fingerprint density at radius 3 is 2.32 bits per heavy atom. The number of halogens is 3. The largest absolute Gasteiger partial charge is 0.416 e. The molecule has 0 aromatic heterocycles. The van der Waals surface area contributed by atoms with E-state index in [9.17, 15) is 13.2 Å². The number of alkyl halides is 3. The minimum absolute atomic E-state index is 0.510. The van der Waals surface area contributed by atoms with E-state index < -0.39 is 11.7 Å². The van der Waals surface area contributed by atoms with E-state index in [-0.39, 0.29) is 0 Å². The van der Waals surface area contributed by atoms with E-state index in [1.807, 2.05) is 32.0 Å². The van der Waals surface area contributed by atoms with E-state index >= 15 is 0 Å². The molecule has 0 unspecified atom stereocenters. The molecule has 0 radical (unpaired) electrons. The third-order valence-corrected chi connectivity index (χ3v) is 3.58. The first kappa shape index (κ1) is 16.1. The number of hydrogen-bond donors (Lipinski definition) is 1. The first-order chi connectivity index (χ1) is 10.3. The zero-order chi connectivity index (χ0) is 16.3. The first-order valence-corrected chi connectivity index (χ1v) is 6.99.